The Morgan fingerprint density at radius 2 is 1.88 bits per heavy atom. The largest absolute Gasteiger partial charge is 0.392 e. The first-order chi connectivity index (χ1) is 15.8. The Balaban J connectivity index is 1.50. The average molecular weight is 451 g/mol. The molecule has 7 atom stereocenters. The quantitative estimate of drug-likeness (QED) is 0.565. The second-order valence-corrected chi connectivity index (χ2v) is 11.2. The molecule has 178 valence electrons. The molecule has 3 N–H and O–H groups in total. The van der Waals surface area contributed by atoms with Gasteiger partial charge in [0.05, 0.1) is 18.3 Å². The van der Waals surface area contributed by atoms with E-state index in [1.54, 1.807) is 13.0 Å². The van der Waals surface area contributed by atoms with Crippen LogP contribution in [0.5, 0.6) is 0 Å². The van der Waals surface area contributed by atoms with Crippen molar-refractivity contribution >= 4 is 11.4 Å². The molecule has 3 saturated carbocycles. The number of hydrogen-bond acceptors (Lipinski definition) is 4. The summed E-state index contributed by atoms with van der Waals surface area (Å²) in [5, 5.41) is 31.2. The van der Waals surface area contributed by atoms with Crippen molar-refractivity contribution in [1.29, 1.82) is 0 Å². The first-order valence-electron chi connectivity index (χ1n) is 12.9. The zero-order valence-corrected chi connectivity index (χ0v) is 20.0. The van der Waals surface area contributed by atoms with E-state index in [4.69, 9.17) is 0 Å². The van der Waals surface area contributed by atoms with Crippen molar-refractivity contribution in [1.82, 2.24) is 0 Å². The number of aliphatic hydroxyl groups excluding tert-OH is 2. The van der Waals surface area contributed by atoms with Crippen LogP contribution in [0.25, 0.3) is 5.57 Å². The molecule has 33 heavy (non-hydrogen) atoms. The lowest BCUT2D eigenvalue weighted by Gasteiger charge is -2.55. The van der Waals surface area contributed by atoms with Gasteiger partial charge in [-0.1, -0.05) is 48.9 Å². The summed E-state index contributed by atoms with van der Waals surface area (Å²) >= 11 is 0. The normalized spacial score (nSPS) is 39.4. The Labute approximate surface area is 197 Å². The van der Waals surface area contributed by atoms with Gasteiger partial charge in [-0.25, -0.2) is 0 Å². The first kappa shape index (κ1) is 23.0. The van der Waals surface area contributed by atoms with Crippen LogP contribution in [-0.4, -0.2) is 33.3 Å². The summed E-state index contributed by atoms with van der Waals surface area (Å²) in [6.45, 7) is 4.01. The smallest absolute Gasteiger partial charge is 0.163 e. The van der Waals surface area contributed by atoms with E-state index in [-0.39, 0.29) is 17.8 Å². The fourth-order valence-electron chi connectivity index (χ4n) is 8.27. The van der Waals surface area contributed by atoms with Crippen molar-refractivity contribution in [2.75, 3.05) is 6.61 Å². The number of rotatable bonds is 4. The monoisotopic (exact) mass is 450 g/mol. The molecule has 4 heteroatoms. The number of fused-ring (bicyclic) bond motifs is 5. The van der Waals surface area contributed by atoms with Gasteiger partial charge in [0.1, 0.15) is 0 Å². The van der Waals surface area contributed by atoms with Crippen LogP contribution >= 0.6 is 0 Å². The van der Waals surface area contributed by atoms with Gasteiger partial charge in [0, 0.05) is 17.4 Å². The zero-order valence-electron chi connectivity index (χ0n) is 20.0. The lowest BCUT2D eigenvalue weighted by Crippen LogP contribution is -2.52. The van der Waals surface area contributed by atoms with Crippen LogP contribution in [0.15, 0.2) is 42.0 Å². The molecule has 0 amide bonds. The van der Waals surface area contributed by atoms with Crippen molar-refractivity contribution in [2.45, 2.75) is 76.9 Å². The standard InChI is InChI=1S/C29H38O4/c1-18(31)19-6-3-4-7-23(19)27-24-9-8-22-21(20(24)10-11-26(27)32)12-15-28(2)25(22)13-16-29(28,33)14-5-17-30/h3-7,14,18,20-22,25,30-31,33H,8-13,15-17H2,1-2H3/b14-5-/t18?,20-,21-,22-,25+,28+,29+/m1/s1. The van der Waals surface area contributed by atoms with E-state index in [1.165, 1.54) is 5.57 Å². The summed E-state index contributed by atoms with van der Waals surface area (Å²) in [5.74, 6) is 2.30. The van der Waals surface area contributed by atoms with Crippen LogP contribution in [0.2, 0.25) is 0 Å². The maximum atomic E-state index is 13.2. The topological polar surface area (TPSA) is 77.8 Å². The predicted octanol–water partition coefficient (Wildman–Crippen LogP) is 4.99. The number of ketones is 1. The SMILES string of the molecule is CC(O)c1ccccc1C1=C2CC[C@@H]3[C@H](CC[C@@]4(C)[C@H]3CC[C@@]4(O)/C=C\CO)[C@H]2CCC1=O. The summed E-state index contributed by atoms with van der Waals surface area (Å²) in [5.41, 5.74) is 3.03. The Bertz CT molecular complexity index is 991. The van der Waals surface area contributed by atoms with E-state index >= 15 is 0 Å². The molecule has 0 saturated heterocycles. The summed E-state index contributed by atoms with van der Waals surface area (Å²) in [6, 6.07) is 7.87. The maximum Gasteiger partial charge on any atom is 0.163 e. The van der Waals surface area contributed by atoms with Gasteiger partial charge in [-0.2, -0.15) is 0 Å². The number of hydrogen-bond donors (Lipinski definition) is 3. The van der Waals surface area contributed by atoms with E-state index in [2.05, 4.69) is 6.92 Å². The molecular weight excluding hydrogens is 412 g/mol. The van der Waals surface area contributed by atoms with Gasteiger partial charge in [-0.3, -0.25) is 4.79 Å². The highest BCUT2D eigenvalue weighted by Gasteiger charge is 2.61. The number of Topliss-reactive ketones (excluding diaryl/α,β-unsaturated/α-hetero) is 1. The fraction of sp³-hybridized carbons (Fsp3) is 0.621. The number of carbonyl (C=O) groups is 1. The van der Waals surface area contributed by atoms with Crippen molar-refractivity contribution in [2.24, 2.45) is 29.1 Å². The molecule has 1 aromatic carbocycles. The maximum absolute atomic E-state index is 13.2. The molecule has 0 heterocycles. The number of allylic oxidation sites excluding steroid dienone is 1. The fourth-order valence-corrected chi connectivity index (χ4v) is 8.27. The highest BCUT2D eigenvalue weighted by Crippen LogP contribution is 2.65. The van der Waals surface area contributed by atoms with E-state index in [0.29, 0.717) is 30.1 Å². The average Bonchev–Trinajstić information content (AvgIpc) is 3.08. The molecule has 4 aliphatic carbocycles. The van der Waals surface area contributed by atoms with Gasteiger partial charge >= 0.3 is 0 Å². The zero-order chi connectivity index (χ0) is 23.4. The van der Waals surface area contributed by atoms with Crippen molar-refractivity contribution in [3.8, 4) is 0 Å². The molecule has 0 aliphatic heterocycles. The predicted molar refractivity (Wildman–Crippen MR) is 129 cm³/mol. The molecule has 0 radical (unpaired) electrons. The molecular formula is C29H38O4. The van der Waals surface area contributed by atoms with Gasteiger partial charge in [0.15, 0.2) is 5.78 Å². The Kier molecular flexibility index (Phi) is 5.91. The minimum absolute atomic E-state index is 0.0317. The van der Waals surface area contributed by atoms with E-state index < -0.39 is 11.7 Å². The third kappa shape index (κ3) is 3.48. The van der Waals surface area contributed by atoms with Crippen LogP contribution in [-0.2, 0) is 4.79 Å². The molecule has 4 aliphatic rings. The summed E-state index contributed by atoms with van der Waals surface area (Å²) in [6.07, 6.45) is 10.4. The molecule has 0 spiro atoms. The highest BCUT2D eigenvalue weighted by atomic mass is 16.3. The van der Waals surface area contributed by atoms with Gasteiger partial charge < -0.3 is 15.3 Å². The van der Waals surface area contributed by atoms with Gasteiger partial charge in [-0.15, -0.1) is 0 Å². The number of benzene rings is 1. The van der Waals surface area contributed by atoms with Gasteiger partial charge in [0.25, 0.3) is 0 Å². The Morgan fingerprint density at radius 1 is 1.09 bits per heavy atom. The molecule has 0 bridgehead atoms. The third-order valence-corrected chi connectivity index (χ3v) is 9.88. The van der Waals surface area contributed by atoms with Crippen molar-refractivity contribution < 1.29 is 20.1 Å². The Hall–Kier alpha value is -1.75. The lowest BCUT2D eigenvalue weighted by atomic mass is 9.50. The van der Waals surface area contributed by atoms with Gasteiger partial charge in [-0.05, 0) is 86.7 Å². The molecule has 3 fully saturated rings. The van der Waals surface area contributed by atoms with E-state index in [9.17, 15) is 20.1 Å². The minimum Gasteiger partial charge on any atom is -0.392 e. The van der Waals surface area contributed by atoms with Crippen molar-refractivity contribution in [3.05, 3.63) is 53.1 Å². The van der Waals surface area contributed by atoms with Crippen LogP contribution in [0.4, 0.5) is 0 Å². The van der Waals surface area contributed by atoms with Gasteiger partial charge in [0.2, 0.25) is 0 Å². The van der Waals surface area contributed by atoms with E-state index in [0.717, 1.165) is 61.6 Å². The lowest BCUT2D eigenvalue weighted by molar-refractivity contribution is -0.115. The van der Waals surface area contributed by atoms with Crippen molar-refractivity contribution in [3.63, 3.8) is 0 Å². The molecule has 1 aromatic rings. The van der Waals surface area contributed by atoms with E-state index in [1.807, 2.05) is 30.3 Å². The second-order valence-electron chi connectivity index (χ2n) is 11.2. The number of carbonyl (C=O) groups excluding carboxylic acids is 1. The third-order valence-electron chi connectivity index (χ3n) is 9.88. The molecule has 0 aromatic heterocycles. The van der Waals surface area contributed by atoms with Crippen LogP contribution < -0.4 is 0 Å². The molecule has 5 rings (SSSR count). The highest BCUT2D eigenvalue weighted by molar-refractivity contribution is 6.22. The number of aliphatic hydroxyl groups is 3. The van der Waals surface area contributed by atoms with Crippen LogP contribution in [0.3, 0.4) is 0 Å². The molecule has 4 nitrogen and oxygen atoms in total. The van der Waals surface area contributed by atoms with Crippen LogP contribution in [0, 0.1) is 29.1 Å². The first-order valence-corrected chi connectivity index (χ1v) is 12.9. The molecule has 1 unspecified atom stereocenters. The summed E-state index contributed by atoms with van der Waals surface area (Å²) in [7, 11) is 0. The minimum atomic E-state index is -0.828. The van der Waals surface area contributed by atoms with Crippen LogP contribution in [0.1, 0.15) is 82.4 Å². The summed E-state index contributed by atoms with van der Waals surface area (Å²) in [4.78, 5) is 13.2. The second kappa shape index (κ2) is 8.48. The summed E-state index contributed by atoms with van der Waals surface area (Å²) < 4.78 is 0. The Morgan fingerprint density at radius 3 is 2.64 bits per heavy atom.